The Balaban J connectivity index is 3.39. The van der Waals surface area contributed by atoms with Gasteiger partial charge in [-0.05, 0) is 13.3 Å². The Bertz CT molecular complexity index is 153. The van der Waals surface area contributed by atoms with Crippen molar-refractivity contribution in [3.05, 3.63) is 0 Å². The third-order valence-electron chi connectivity index (χ3n) is 1.85. The lowest BCUT2D eigenvalue weighted by molar-refractivity contribution is -0.142. The zero-order valence-electron chi connectivity index (χ0n) is 9.95. The molecule has 0 aliphatic carbocycles. The number of carbonyl (C=O) groups excluding carboxylic acids is 1. The topological polar surface area (TPSA) is 44.8 Å². The van der Waals surface area contributed by atoms with Crippen LogP contribution in [-0.2, 0) is 19.0 Å². The summed E-state index contributed by atoms with van der Waals surface area (Å²) in [4.78, 5) is 10.4. The SMILES string of the molecule is CCCC(COCCOC(C)=O)OCC. The van der Waals surface area contributed by atoms with Gasteiger partial charge in [-0.2, -0.15) is 0 Å². The van der Waals surface area contributed by atoms with Gasteiger partial charge in [-0.3, -0.25) is 4.79 Å². The van der Waals surface area contributed by atoms with E-state index in [0.29, 0.717) is 26.4 Å². The molecule has 4 nitrogen and oxygen atoms in total. The molecule has 0 spiro atoms. The van der Waals surface area contributed by atoms with Crippen molar-refractivity contribution >= 4 is 5.97 Å². The maximum Gasteiger partial charge on any atom is 0.302 e. The molecule has 1 unspecified atom stereocenters. The summed E-state index contributed by atoms with van der Waals surface area (Å²) < 4.78 is 15.6. The predicted octanol–water partition coefficient (Wildman–Crippen LogP) is 1.77. The van der Waals surface area contributed by atoms with Crippen molar-refractivity contribution in [3.8, 4) is 0 Å². The van der Waals surface area contributed by atoms with Gasteiger partial charge in [0.15, 0.2) is 0 Å². The molecule has 0 rings (SSSR count). The maximum atomic E-state index is 10.4. The minimum Gasteiger partial charge on any atom is -0.463 e. The van der Waals surface area contributed by atoms with Crippen molar-refractivity contribution in [2.24, 2.45) is 0 Å². The molecule has 0 aromatic carbocycles. The van der Waals surface area contributed by atoms with E-state index >= 15 is 0 Å². The summed E-state index contributed by atoms with van der Waals surface area (Å²) in [5.41, 5.74) is 0. The summed E-state index contributed by atoms with van der Waals surface area (Å²) in [6, 6.07) is 0. The number of carbonyl (C=O) groups is 1. The van der Waals surface area contributed by atoms with Gasteiger partial charge in [0.1, 0.15) is 6.61 Å². The van der Waals surface area contributed by atoms with E-state index in [9.17, 15) is 4.79 Å². The van der Waals surface area contributed by atoms with Crippen LogP contribution >= 0.6 is 0 Å². The largest absolute Gasteiger partial charge is 0.463 e. The molecule has 0 fully saturated rings. The lowest BCUT2D eigenvalue weighted by Gasteiger charge is -2.16. The number of hydrogen-bond donors (Lipinski definition) is 0. The minimum atomic E-state index is -0.270. The van der Waals surface area contributed by atoms with Crippen molar-refractivity contribution in [3.63, 3.8) is 0 Å². The van der Waals surface area contributed by atoms with Crippen LogP contribution in [-0.4, -0.2) is 38.5 Å². The number of rotatable bonds is 9. The second kappa shape index (κ2) is 9.93. The van der Waals surface area contributed by atoms with Crippen LogP contribution in [0.1, 0.15) is 33.6 Å². The summed E-state index contributed by atoms with van der Waals surface area (Å²) in [6.45, 7) is 7.51. The number of hydrogen-bond acceptors (Lipinski definition) is 4. The van der Waals surface area contributed by atoms with Gasteiger partial charge in [-0.25, -0.2) is 0 Å². The van der Waals surface area contributed by atoms with Crippen LogP contribution in [0.5, 0.6) is 0 Å². The van der Waals surface area contributed by atoms with Crippen LogP contribution < -0.4 is 0 Å². The van der Waals surface area contributed by atoms with Crippen molar-refractivity contribution in [1.29, 1.82) is 0 Å². The van der Waals surface area contributed by atoms with E-state index in [2.05, 4.69) is 6.92 Å². The van der Waals surface area contributed by atoms with Crippen LogP contribution in [0.4, 0.5) is 0 Å². The molecule has 90 valence electrons. The van der Waals surface area contributed by atoms with Gasteiger partial charge in [0.05, 0.1) is 19.3 Å². The molecule has 0 radical (unpaired) electrons. The van der Waals surface area contributed by atoms with Gasteiger partial charge >= 0.3 is 5.97 Å². The summed E-state index contributed by atoms with van der Waals surface area (Å²) in [5.74, 6) is -0.270. The standard InChI is InChI=1S/C11H22O4/c1-4-6-11(14-5-2)9-13-7-8-15-10(3)12/h11H,4-9H2,1-3H3. The highest BCUT2D eigenvalue weighted by Crippen LogP contribution is 2.02. The van der Waals surface area contributed by atoms with Crippen LogP contribution in [0.25, 0.3) is 0 Å². The lowest BCUT2D eigenvalue weighted by Crippen LogP contribution is -2.21. The highest BCUT2D eigenvalue weighted by atomic mass is 16.6. The third kappa shape index (κ3) is 9.69. The fourth-order valence-electron chi connectivity index (χ4n) is 1.23. The van der Waals surface area contributed by atoms with Crippen molar-refractivity contribution in [2.75, 3.05) is 26.4 Å². The van der Waals surface area contributed by atoms with Crippen LogP contribution in [0, 0.1) is 0 Å². The molecular weight excluding hydrogens is 196 g/mol. The lowest BCUT2D eigenvalue weighted by atomic mass is 10.2. The first-order valence-electron chi connectivity index (χ1n) is 5.53. The normalized spacial score (nSPS) is 12.5. The molecular formula is C11H22O4. The Labute approximate surface area is 91.9 Å². The zero-order chi connectivity index (χ0) is 11.5. The fourth-order valence-corrected chi connectivity index (χ4v) is 1.23. The predicted molar refractivity (Wildman–Crippen MR) is 57.8 cm³/mol. The van der Waals surface area contributed by atoms with E-state index in [1.54, 1.807) is 0 Å². The van der Waals surface area contributed by atoms with Gasteiger partial charge in [-0.1, -0.05) is 13.3 Å². The molecule has 0 saturated carbocycles. The average molecular weight is 218 g/mol. The Morgan fingerprint density at radius 1 is 1.27 bits per heavy atom. The molecule has 0 amide bonds. The third-order valence-corrected chi connectivity index (χ3v) is 1.85. The Morgan fingerprint density at radius 2 is 2.00 bits per heavy atom. The molecule has 0 aliphatic heterocycles. The monoisotopic (exact) mass is 218 g/mol. The van der Waals surface area contributed by atoms with E-state index < -0.39 is 0 Å². The smallest absolute Gasteiger partial charge is 0.302 e. The van der Waals surface area contributed by atoms with Gasteiger partial charge in [0, 0.05) is 13.5 Å². The second-order valence-electron chi connectivity index (χ2n) is 3.28. The molecule has 0 aliphatic rings. The average Bonchev–Trinajstić information content (AvgIpc) is 2.17. The van der Waals surface area contributed by atoms with Crippen LogP contribution in [0.2, 0.25) is 0 Å². The van der Waals surface area contributed by atoms with E-state index in [-0.39, 0.29) is 12.1 Å². The first-order valence-corrected chi connectivity index (χ1v) is 5.53. The summed E-state index contributed by atoms with van der Waals surface area (Å²) in [5, 5.41) is 0. The number of esters is 1. The van der Waals surface area contributed by atoms with Crippen molar-refractivity contribution in [2.45, 2.75) is 39.7 Å². The summed E-state index contributed by atoms with van der Waals surface area (Å²) >= 11 is 0. The Kier molecular flexibility index (Phi) is 9.52. The fraction of sp³-hybridized carbons (Fsp3) is 0.909. The van der Waals surface area contributed by atoms with Crippen LogP contribution in [0.3, 0.4) is 0 Å². The van der Waals surface area contributed by atoms with E-state index in [0.717, 1.165) is 12.8 Å². The number of ether oxygens (including phenoxy) is 3. The zero-order valence-corrected chi connectivity index (χ0v) is 9.95. The van der Waals surface area contributed by atoms with E-state index in [1.165, 1.54) is 6.92 Å². The molecule has 0 heterocycles. The highest BCUT2D eigenvalue weighted by Gasteiger charge is 2.06. The quantitative estimate of drug-likeness (QED) is 0.437. The molecule has 15 heavy (non-hydrogen) atoms. The first kappa shape index (κ1) is 14.4. The maximum absolute atomic E-state index is 10.4. The highest BCUT2D eigenvalue weighted by molar-refractivity contribution is 5.65. The molecule has 4 heteroatoms. The second-order valence-corrected chi connectivity index (χ2v) is 3.28. The molecule has 1 atom stereocenters. The van der Waals surface area contributed by atoms with Gasteiger partial charge in [-0.15, -0.1) is 0 Å². The van der Waals surface area contributed by atoms with Gasteiger partial charge in [0.25, 0.3) is 0 Å². The molecule has 0 saturated heterocycles. The summed E-state index contributed by atoms with van der Waals surface area (Å²) in [7, 11) is 0. The molecule has 0 aromatic heterocycles. The summed E-state index contributed by atoms with van der Waals surface area (Å²) in [6.07, 6.45) is 2.25. The minimum absolute atomic E-state index is 0.164. The Morgan fingerprint density at radius 3 is 2.53 bits per heavy atom. The molecule has 0 N–H and O–H groups in total. The van der Waals surface area contributed by atoms with Crippen LogP contribution in [0.15, 0.2) is 0 Å². The first-order chi connectivity index (χ1) is 7.20. The van der Waals surface area contributed by atoms with Gasteiger partial charge < -0.3 is 14.2 Å². The van der Waals surface area contributed by atoms with E-state index in [1.807, 2.05) is 6.92 Å². The van der Waals surface area contributed by atoms with E-state index in [4.69, 9.17) is 14.2 Å². The van der Waals surface area contributed by atoms with Gasteiger partial charge in [0.2, 0.25) is 0 Å². The Hall–Kier alpha value is -0.610. The van der Waals surface area contributed by atoms with Crippen molar-refractivity contribution in [1.82, 2.24) is 0 Å². The van der Waals surface area contributed by atoms with Crippen molar-refractivity contribution < 1.29 is 19.0 Å². The molecule has 0 bridgehead atoms. The molecule has 0 aromatic rings.